The lowest BCUT2D eigenvalue weighted by Crippen LogP contribution is -2.21. The number of hydrogen-bond acceptors (Lipinski definition) is 6. The summed E-state index contributed by atoms with van der Waals surface area (Å²) in [5.41, 5.74) is 2.77. The molecule has 0 atom stereocenters. The summed E-state index contributed by atoms with van der Waals surface area (Å²) in [7, 11) is 3.14. The molecule has 1 aliphatic heterocycles. The van der Waals surface area contributed by atoms with Crippen molar-refractivity contribution in [2.75, 3.05) is 44.1 Å². The van der Waals surface area contributed by atoms with Crippen LogP contribution >= 0.6 is 0 Å². The Bertz CT molecular complexity index is 860. The van der Waals surface area contributed by atoms with Gasteiger partial charge in [0.15, 0.2) is 18.1 Å². The van der Waals surface area contributed by atoms with E-state index in [0.29, 0.717) is 23.6 Å². The largest absolute Gasteiger partial charge is 0.493 e. The fraction of sp³-hybridized carbons (Fsp3) is 0.391. The van der Waals surface area contributed by atoms with Gasteiger partial charge in [0.25, 0.3) is 5.91 Å². The highest BCUT2D eigenvalue weighted by molar-refractivity contribution is 5.93. The topological polar surface area (TPSA) is 77.1 Å². The van der Waals surface area contributed by atoms with E-state index >= 15 is 0 Å². The zero-order valence-corrected chi connectivity index (χ0v) is 17.5. The van der Waals surface area contributed by atoms with Crippen LogP contribution in [0, 0.1) is 0 Å². The molecule has 0 saturated carbocycles. The molecule has 30 heavy (non-hydrogen) atoms. The maximum Gasteiger partial charge on any atom is 0.306 e. The number of anilines is 2. The van der Waals surface area contributed by atoms with Gasteiger partial charge in [-0.1, -0.05) is 6.07 Å². The van der Waals surface area contributed by atoms with E-state index in [1.54, 1.807) is 20.3 Å². The van der Waals surface area contributed by atoms with Gasteiger partial charge < -0.3 is 24.4 Å². The van der Waals surface area contributed by atoms with Crippen LogP contribution < -0.4 is 19.7 Å². The Morgan fingerprint density at radius 3 is 2.33 bits per heavy atom. The van der Waals surface area contributed by atoms with Crippen LogP contribution in [0.3, 0.4) is 0 Å². The number of carbonyl (C=O) groups excluding carboxylic acids is 2. The number of nitrogens with zero attached hydrogens (tertiary/aromatic N) is 1. The number of nitrogens with one attached hydrogen (secondary N) is 1. The number of rotatable bonds is 9. The minimum Gasteiger partial charge on any atom is -0.493 e. The van der Waals surface area contributed by atoms with Crippen LogP contribution in [0.25, 0.3) is 0 Å². The molecule has 0 bridgehead atoms. The molecule has 1 saturated heterocycles. The highest BCUT2D eigenvalue weighted by atomic mass is 16.5. The monoisotopic (exact) mass is 412 g/mol. The van der Waals surface area contributed by atoms with Gasteiger partial charge in [-0.2, -0.15) is 0 Å². The smallest absolute Gasteiger partial charge is 0.306 e. The van der Waals surface area contributed by atoms with Crippen LogP contribution in [0.15, 0.2) is 42.5 Å². The maximum absolute atomic E-state index is 12.1. The zero-order chi connectivity index (χ0) is 21.3. The van der Waals surface area contributed by atoms with Crippen LogP contribution in [-0.4, -0.2) is 45.8 Å². The van der Waals surface area contributed by atoms with Crippen LogP contribution in [0.2, 0.25) is 0 Å². The summed E-state index contributed by atoms with van der Waals surface area (Å²) in [5, 5.41) is 2.75. The molecule has 1 amide bonds. The lowest BCUT2D eigenvalue weighted by molar-refractivity contribution is -0.147. The second-order valence-electron chi connectivity index (χ2n) is 7.14. The lowest BCUT2D eigenvalue weighted by atomic mass is 10.1. The van der Waals surface area contributed by atoms with E-state index in [2.05, 4.69) is 10.2 Å². The summed E-state index contributed by atoms with van der Waals surface area (Å²) in [6, 6.07) is 13.2. The summed E-state index contributed by atoms with van der Waals surface area (Å²) in [6.07, 6.45) is 3.10. The van der Waals surface area contributed by atoms with Crippen molar-refractivity contribution in [3.63, 3.8) is 0 Å². The third kappa shape index (κ3) is 5.89. The molecule has 160 valence electrons. The summed E-state index contributed by atoms with van der Waals surface area (Å²) in [5.74, 6) is 0.458. The third-order valence-corrected chi connectivity index (χ3v) is 5.05. The summed E-state index contributed by atoms with van der Waals surface area (Å²) < 4.78 is 15.5. The van der Waals surface area contributed by atoms with Crippen LogP contribution in [0.5, 0.6) is 11.5 Å². The lowest BCUT2D eigenvalue weighted by Gasteiger charge is -2.17. The first-order valence-electron chi connectivity index (χ1n) is 10.1. The Kier molecular flexibility index (Phi) is 7.54. The summed E-state index contributed by atoms with van der Waals surface area (Å²) >= 11 is 0. The normalized spacial score (nSPS) is 13.1. The standard InChI is InChI=1S/C23H28N2O5/c1-28-20-11-5-17(15-21(20)29-2)6-12-23(27)30-16-22(26)24-18-7-9-19(10-8-18)25-13-3-4-14-25/h5,7-11,15H,3-4,6,12-14,16H2,1-2H3,(H,24,26). The molecule has 1 fully saturated rings. The molecule has 0 spiro atoms. The molecule has 0 aliphatic carbocycles. The van der Waals surface area contributed by atoms with Crippen molar-refractivity contribution < 1.29 is 23.8 Å². The van der Waals surface area contributed by atoms with Gasteiger partial charge in [-0.3, -0.25) is 9.59 Å². The molecule has 2 aromatic rings. The van der Waals surface area contributed by atoms with Gasteiger partial charge in [0.05, 0.1) is 14.2 Å². The van der Waals surface area contributed by atoms with Gasteiger partial charge >= 0.3 is 5.97 Å². The Balaban J connectivity index is 1.40. The molecule has 1 aliphatic rings. The number of amides is 1. The first-order chi connectivity index (χ1) is 14.6. The molecule has 2 aromatic carbocycles. The second kappa shape index (κ2) is 10.5. The maximum atomic E-state index is 12.1. The number of aryl methyl sites for hydroxylation is 1. The molecular formula is C23H28N2O5. The molecule has 0 aromatic heterocycles. The third-order valence-electron chi connectivity index (χ3n) is 5.05. The Morgan fingerprint density at radius 2 is 1.67 bits per heavy atom. The van der Waals surface area contributed by atoms with Gasteiger partial charge in [0.1, 0.15) is 0 Å². The first-order valence-corrected chi connectivity index (χ1v) is 10.1. The fourth-order valence-electron chi connectivity index (χ4n) is 3.43. The second-order valence-corrected chi connectivity index (χ2v) is 7.14. The van der Waals surface area contributed by atoms with Crippen LogP contribution in [0.4, 0.5) is 11.4 Å². The van der Waals surface area contributed by atoms with Crippen molar-refractivity contribution in [2.45, 2.75) is 25.7 Å². The Morgan fingerprint density at radius 1 is 0.967 bits per heavy atom. The van der Waals surface area contributed by atoms with Crippen molar-refractivity contribution in [3.8, 4) is 11.5 Å². The van der Waals surface area contributed by atoms with E-state index in [1.807, 2.05) is 36.4 Å². The minimum absolute atomic E-state index is 0.174. The van der Waals surface area contributed by atoms with E-state index in [4.69, 9.17) is 14.2 Å². The molecule has 1 N–H and O–H groups in total. The predicted octanol–water partition coefficient (Wildman–Crippen LogP) is 3.42. The Hall–Kier alpha value is -3.22. The van der Waals surface area contributed by atoms with Crippen molar-refractivity contribution in [1.82, 2.24) is 0 Å². The van der Waals surface area contributed by atoms with E-state index in [9.17, 15) is 9.59 Å². The zero-order valence-electron chi connectivity index (χ0n) is 17.5. The van der Waals surface area contributed by atoms with E-state index in [0.717, 1.165) is 24.3 Å². The number of carbonyl (C=O) groups is 2. The number of ether oxygens (including phenoxy) is 3. The van der Waals surface area contributed by atoms with E-state index in [1.165, 1.54) is 12.8 Å². The van der Waals surface area contributed by atoms with Gasteiger partial charge in [-0.05, 0) is 61.2 Å². The highest BCUT2D eigenvalue weighted by Gasteiger charge is 2.13. The predicted molar refractivity (Wildman–Crippen MR) is 115 cm³/mol. The van der Waals surface area contributed by atoms with Crippen molar-refractivity contribution in [2.24, 2.45) is 0 Å². The van der Waals surface area contributed by atoms with Crippen LogP contribution in [0.1, 0.15) is 24.8 Å². The van der Waals surface area contributed by atoms with Gasteiger partial charge in [-0.25, -0.2) is 0 Å². The van der Waals surface area contributed by atoms with Gasteiger partial charge in [0.2, 0.25) is 0 Å². The summed E-state index contributed by atoms with van der Waals surface area (Å²) in [6.45, 7) is 1.84. The molecule has 7 nitrogen and oxygen atoms in total. The van der Waals surface area contributed by atoms with Gasteiger partial charge in [-0.15, -0.1) is 0 Å². The molecule has 3 rings (SSSR count). The number of methoxy groups -OCH3 is 2. The first kappa shape index (κ1) is 21.5. The molecule has 1 heterocycles. The molecular weight excluding hydrogens is 384 g/mol. The van der Waals surface area contributed by atoms with Crippen molar-refractivity contribution in [3.05, 3.63) is 48.0 Å². The number of benzene rings is 2. The number of esters is 1. The highest BCUT2D eigenvalue weighted by Crippen LogP contribution is 2.28. The van der Waals surface area contributed by atoms with Crippen molar-refractivity contribution >= 4 is 23.3 Å². The van der Waals surface area contributed by atoms with E-state index in [-0.39, 0.29) is 18.9 Å². The van der Waals surface area contributed by atoms with E-state index < -0.39 is 5.97 Å². The SMILES string of the molecule is COc1ccc(CCC(=O)OCC(=O)Nc2ccc(N3CCCC3)cc2)cc1OC. The van der Waals surface area contributed by atoms with Crippen molar-refractivity contribution in [1.29, 1.82) is 0 Å². The minimum atomic E-state index is -0.427. The molecule has 7 heteroatoms. The number of hydrogen-bond donors (Lipinski definition) is 1. The fourth-order valence-corrected chi connectivity index (χ4v) is 3.43. The van der Waals surface area contributed by atoms with Crippen LogP contribution in [-0.2, 0) is 20.7 Å². The molecule has 0 unspecified atom stereocenters. The summed E-state index contributed by atoms with van der Waals surface area (Å²) in [4.78, 5) is 26.4. The van der Waals surface area contributed by atoms with Gasteiger partial charge in [0, 0.05) is 30.9 Å². The average molecular weight is 412 g/mol. The Labute approximate surface area is 176 Å². The quantitative estimate of drug-likeness (QED) is 0.636. The average Bonchev–Trinajstić information content (AvgIpc) is 3.31. The molecule has 0 radical (unpaired) electrons.